The van der Waals surface area contributed by atoms with Crippen molar-refractivity contribution >= 4 is 0 Å². The average molecular weight is 241 g/mol. The van der Waals surface area contributed by atoms with Gasteiger partial charge in [0.1, 0.15) is 5.75 Å². The van der Waals surface area contributed by atoms with Crippen LogP contribution >= 0.6 is 0 Å². The molecule has 0 aliphatic heterocycles. The van der Waals surface area contributed by atoms with Gasteiger partial charge in [0.05, 0.1) is 6.61 Å². The molecule has 0 spiro atoms. The first-order valence-corrected chi connectivity index (χ1v) is 6.70. The highest BCUT2D eigenvalue weighted by Gasteiger charge is 2.26. The summed E-state index contributed by atoms with van der Waals surface area (Å²) in [6, 6.07) is 13.5. The second kappa shape index (κ2) is 4.52. The molecule has 2 aromatic rings. The van der Waals surface area contributed by atoms with E-state index in [2.05, 4.69) is 41.8 Å². The number of aryl methyl sites for hydroxylation is 1. The summed E-state index contributed by atoms with van der Waals surface area (Å²) in [5.41, 5.74) is 3.92. The molecular weight excluding hydrogens is 222 g/mol. The van der Waals surface area contributed by atoms with Crippen molar-refractivity contribution in [3.05, 3.63) is 42.1 Å². The van der Waals surface area contributed by atoms with Crippen molar-refractivity contribution in [1.29, 1.82) is 0 Å². The van der Waals surface area contributed by atoms with Gasteiger partial charge in [-0.15, -0.1) is 0 Å². The summed E-state index contributed by atoms with van der Waals surface area (Å²) in [7, 11) is 0. The minimum Gasteiger partial charge on any atom is -0.494 e. The van der Waals surface area contributed by atoms with Gasteiger partial charge in [0.25, 0.3) is 0 Å². The number of hydrogen-bond donors (Lipinski definition) is 0. The zero-order chi connectivity index (χ0) is 12.5. The Kier molecular flexibility index (Phi) is 2.86. The van der Waals surface area contributed by atoms with Crippen molar-refractivity contribution in [1.82, 2.24) is 4.57 Å². The van der Waals surface area contributed by atoms with Crippen LogP contribution in [0.2, 0.25) is 0 Å². The molecule has 1 fully saturated rings. The number of benzene rings is 1. The number of ether oxygens (including phenoxy) is 1. The number of aromatic nitrogens is 1. The molecule has 0 bridgehead atoms. The minimum absolute atomic E-state index is 0.714. The molecule has 0 amide bonds. The molecule has 1 aliphatic rings. The monoisotopic (exact) mass is 241 g/mol. The van der Waals surface area contributed by atoms with Crippen molar-refractivity contribution in [2.75, 3.05) is 6.61 Å². The molecule has 3 rings (SSSR count). The van der Waals surface area contributed by atoms with E-state index >= 15 is 0 Å². The van der Waals surface area contributed by atoms with Crippen molar-refractivity contribution in [3.63, 3.8) is 0 Å². The fraction of sp³-hybridized carbons (Fsp3) is 0.375. The van der Waals surface area contributed by atoms with Gasteiger partial charge in [-0.1, -0.05) is 12.1 Å². The molecule has 0 saturated heterocycles. The lowest BCUT2D eigenvalue weighted by Gasteiger charge is -2.11. The van der Waals surface area contributed by atoms with Gasteiger partial charge in [-0.3, -0.25) is 0 Å². The van der Waals surface area contributed by atoms with Gasteiger partial charge in [0.2, 0.25) is 0 Å². The molecule has 0 atom stereocenters. The normalized spacial score (nSPS) is 14.8. The van der Waals surface area contributed by atoms with Gasteiger partial charge >= 0.3 is 0 Å². The lowest BCUT2D eigenvalue weighted by molar-refractivity contribution is 0.340. The third-order valence-electron chi connectivity index (χ3n) is 3.47. The zero-order valence-electron chi connectivity index (χ0n) is 11.0. The van der Waals surface area contributed by atoms with E-state index in [1.54, 1.807) is 0 Å². The Bertz CT molecular complexity index is 552. The molecule has 0 radical (unpaired) electrons. The van der Waals surface area contributed by atoms with Gasteiger partial charge in [0, 0.05) is 23.0 Å². The Labute approximate surface area is 108 Å². The maximum Gasteiger partial charge on any atom is 0.119 e. The van der Waals surface area contributed by atoms with E-state index in [9.17, 15) is 0 Å². The second-order valence-electron chi connectivity index (χ2n) is 4.92. The lowest BCUT2D eigenvalue weighted by Crippen LogP contribution is -1.99. The summed E-state index contributed by atoms with van der Waals surface area (Å²) in [4.78, 5) is 0. The zero-order valence-corrected chi connectivity index (χ0v) is 11.0. The van der Waals surface area contributed by atoms with Gasteiger partial charge < -0.3 is 9.30 Å². The molecule has 94 valence electrons. The fourth-order valence-corrected chi connectivity index (χ4v) is 2.51. The molecule has 0 N–H and O–H groups in total. The summed E-state index contributed by atoms with van der Waals surface area (Å²) < 4.78 is 8.04. The molecule has 18 heavy (non-hydrogen) atoms. The fourth-order valence-electron chi connectivity index (χ4n) is 2.51. The van der Waals surface area contributed by atoms with E-state index in [0.717, 1.165) is 5.75 Å². The van der Waals surface area contributed by atoms with Crippen LogP contribution in [0.4, 0.5) is 0 Å². The Morgan fingerprint density at radius 2 is 2.06 bits per heavy atom. The van der Waals surface area contributed by atoms with Gasteiger partial charge in [-0.25, -0.2) is 0 Å². The summed E-state index contributed by atoms with van der Waals surface area (Å²) in [5, 5.41) is 0. The average Bonchev–Trinajstić information content (AvgIpc) is 3.13. The van der Waals surface area contributed by atoms with Crippen LogP contribution in [0, 0.1) is 6.92 Å². The largest absolute Gasteiger partial charge is 0.494 e. The first kappa shape index (κ1) is 11.4. The van der Waals surface area contributed by atoms with Crippen LogP contribution in [0.3, 0.4) is 0 Å². The maximum atomic E-state index is 5.58. The third kappa shape index (κ3) is 2.03. The van der Waals surface area contributed by atoms with Crippen molar-refractivity contribution in [3.8, 4) is 17.0 Å². The molecule has 1 saturated carbocycles. The first-order chi connectivity index (χ1) is 8.79. The predicted octanol–water partition coefficient (Wildman–Crippen LogP) is 4.20. The molecule has 1 aliphatic carbocycles. The Morgan fingerprint density at radius 3 is 2.78 bits per heavy atom. The molecule has 1 heterocycles. The Balaban J connectivity index is 2.01. The van der Waals surface area contributed by atoms with Crippen LogP contribution in [0.15, 0.2) is 36.4 Å². The van der Waals surface area contributed by atoms with E-state index < -0.39 is 0 Å². The highest BCUT2D eigenvalue weighted by atomic mass is 16.5. The van der Waals surface area contributed by atoms with E-state index in [1.165, 1.54) is 29.8 Å². The quantitative estimate of drug-likeness (QED) is 0.782. The summed E-state index contributed by atoms with van der Waals surface area (Å²) in [6.45, 7) is 4.92. The summed E-state index contributed by atoms with van der Waals surface area (Å²) in [5.74, 6) is 0.955. The van der Waals surface area contributed by atoms with Crippen LogP contribution in [-0.4, -0.2) is 11.2 Å². The molecular formula is C16H19NO. The predicted molar refractivity (Wildman–Crippen MR) is 74.0 cm³/mol. The van der Waals surface area contributed by atoms with Crippen LogP contribution in [0.25, 0.3) is 11.3 Å². The SMILES string of the molecule is CCOc1cccc(-c2ccc(C)n2C2CC2)c1. The third-order valence-corrected chi connectivity index (χ3v) is 3.47. The number of rotatable bonds is 4. The van der Waals surface area contributed by atoms with Crippen molar-refractivity contribution in [2.45, 2.75) is 32.7 Å². The van der Waals surface area contributed by atoms with Crippen LogP contribution in [0.1, 0.15) is 31.5 Å². The number of nitrogens with zero attached hydrogens (tertiary/aromatic N) is 1. The topological polar surface area (TPSA) is 14.2 Å². The Hall–Kier alpha value is -1.70. The van der Waals surface area contributed by atoms with E-state index in [-0.39, 0.29) is 0 Å². The van der Waals surface area contributed by atoms with Gasteiger partial charge in [-0.05, 0) is 51.0 Å². The van der Waals surface area contributed by atoms with Gasteiger partial charge in [-0.2, -0.15) is 0 Å². The molecule has 0 unspecified atom stereocenters. The number of hydrogen-bond acceptors (Lipinski definition) is 1. The highest BCUT2D eigenvalue weighted by molar-refractivity contribution is 5.63. The summed E-state index contributed by atoms with van der Waals surface area (Å²) >= 11 is 0. The molecule has 1 aromatic heterocycles. The van der Waals surface area contributed by atoms with E-state index in [4.69, 9.17) is 4.74 Å². The smallest absolute Gasteiger partial charge is 0.119 e. The van der Waals surface area contributed by atoms with E-state index in [1.807, 2.05) is 13.0 Å². The Morgan fingerprint density at radius 1 is 1.22 bits per heavy atom. The lowest BCUT2D eigenvalue weighted by atomic mass is 10.1. The molecule has 2 nitrogen and oxygen atoms in total. The highest BCUT2D eigenvalue weighted by Crippen LogP contribution is 2.40. The van der Waals surface area contributed by atoms with Crippen molar-refractivity contribution < 1.29 is 4.74 Å². The minimum atomic E-state index is 0.714. The standard InChI is InChI=1S/C16H19NO/c1-3-18-15-6-4-5-13(11-15)16-10-7-12(2)17(16)14-8-9-14/h4-7,10-11,14H,3,8-9H2,1-2H3. The van der Waals surface area contributed by atoms with Crippen LogP contribution in [-0.2, 0) is 0 Å². The van der Waals surface area contributed by atoms with Gasteiger partial charge in [0.15, 0.2) is 0 Å². The van der Waals surface area contributed by atoms with Crippen molar-refractivity contribution in [2.24, 2.45) is 0 Å². The molecule has 1 aromatic carbocycles. The molecule has 2 heteroatoms. The summed E-state index contributed by atoms with van der Waals surface area (Å²) in [6.07, 6.45) is 2.63. The maximum absolute atomic E-state index is 5.58. The second-order valence-corrected chi connectivity index (χ2v) is 4.92. The first-order valence-electron chi connectivity index (χ1n) is 6.70. The van der Waals surface area contributed by atoms with Crippen LogP contribution in [0.5, 0.6) is 5.75 Å². The van der Waals surface area contributed by atoms with E-state index in [0.29, 0.717) is 12.6 Å². The van der Waals surface area contributed by atoms with Crippen LogP contribution < -0.4 is 4.74 Å².